The van der Waals surface area contributed by atoms with E-state index in [2.05, 4.69) is 32.0 Å². The van der Waals surface area contributed by atoms with E-state index in [1.165, 1.54) is 0 Å². The fraction of sp³-hybridized carbons (Fsp3) is 0.391. The van der Waals surface area contributed by atoms with Gasteiger partial charge in [-0.05, 0) is 50.2 Å². The van der Waals surface area contributed by atoms with Crippen LogP contribution in [0.15, 0.2) is 24.2 Å². The van der Waals surface area contributed by atoms with Crippen molar-refractivity contribution in [3.63, 3.8) is 0 Å². The summed E-state index contributed by atoms with van der Waals surface area (Å²) in [5.41, 5.74) is 8.10. The third-order valence-corrected chi connectivity index (χ3v) is 7.35. The van der Waals surface area contributed by atoms with Gasteiger partial charge in [-0.2, -0.15) is 5.53 Å². The zero-order valence-corrected chi connectivity index (χ0v) is 19.0. The van der Waals surface area contributed by atoms with Crippen LogP contribution >= 0.6 is 0 Å². The van der Waals surface area contributed by atoms with Crippen molar-refractivity contribution in [2.75, 3.05) is 5.32 Å². The third-order valence-electron chi connectivity index (χ3n) is 7.35. The Morgan fingerprint density at radius 3 is 2.72 bits per heavy atom. The monoisotopic (exact) mass is 501 g/mol. The molecule has 6 rings (SSSR count). The van der Waals surface area contributed by atoms with Crippen LogP contribution in [0.2, 0.25) is 0 Å². The number of aromatic nitrogens is 2. The Labute approximate surface area is 202 Å². The van der Waals surface area contributed by atoms with Crippen LogP contribution in [0, 0.1) is 18.7 Å². The molecule has 2 fully saturated rings. The van der Waals surface area contributed by atoms with Gasteiger partial charge in [0.1, 0.15) is 11.4 Å². The molecule has 2 atom stereocenters. The molecule has 2 amide bonds. The average molecular weight is 501 g/mol. The predicted molar refractivity (Wildman–Crippen MR) is 119 cm³/mol. The highest BCUT2D eigenvalue weighted by molar-refractivity contribution is 6.44. The first kappa shape index (κ1) is 22.6. The second kappa shape index (κ2) is 7.82. The molecule has 2 aromatic rings. The Morgan fingerprint density at radius 2 is 2.06 bits per heavy atom. The Hall–Kier alpha value is -3.87. The smallest absolute Gasteiger partial charge is 0.293 e. The Morgan fingerprint density at radius 1 is 1.28 bits per heavy atom. The summed E-state index contributed by atoms with van der Waals surface area (Å²) in [6, 6.07) is 1.09. The van der Waals surface area contributed by atoms with E-state index in [9.17, 15) is 27.6 Å². The molecule has 4 heterocycles. The number of carbonyl (C=O) groups is 3. The van der Waals surface area contributed by atoms with Crippen molar-refractivity contribution < 1.29 is 27.6 Å². The third kappa shape index (κ3) is 3.37. The number of carbonyl (C=O) groups excluding carboxylic acids is 3. The average Bonchev–Trinajstić information content (AvgIpc) is 3.62. The number of hydrogen-bond donors (Lipinski definition) is 5. The minimum absolute atomic E-state index is 0.00254. The molecule has 0 spiro atoms. The van der Waals surface area contributed by atoms with Gasteiger partial charge in [0.05, 0.1) is 22.5 Å². The highest BCUT2D eigenvalue weighted by Crippen LogP contribution is 2.54. The molecule has 5 N–H and O–H groups in total. The summed E-state index contributed by atoms with van der Waals surface area (Å²) in [6.07, 6.45) is 2.20. The molecule has 2 aliphatic carbocycles. The van der Waals surface area contributed by atoms with Gasteiger partial charge >= 0.3 is 0 Å². The van der Waals surface area contributed by atoms with E-state index in [0.29, 0.717) is 36.2 Å². The van der Waals surface area contributed by atoms with Crippen LogP contribution in [0.4, 0.5) is 18.9 Å². The summed E-state index contributed by atoms with van der Waals surface area (Å²) in [7, 11) is 0. The van der Waals surface area contributed by atoms with Crippen LogP contribution < -0.4 is 27.0 Å². The molecule has 2 aromatic heterocycles. The Bertz CT molecular complexity index is 1370. The van der Waals surface area contributed by atoms with E-state index in [0.717, 1.165) is 18.7 Å². The SMILES string of the molecule is Cc1c(C(=O)C(=O)NC2(C3=CNNN3)CC2)c2n(c1C(=O)Nc1ccnc(C(F)F)c1F)[C@@H]1C[C@@H]1C2. The molecule has 2 saturated carbocycles. The number of hydrazine groups is 2. The lowest BCUT2D eigenvalue weighted by Crippen LogP contribution is -2.46. The Balaban J connectivity index is 1.31. The molecule has 36 heavy (non-hydrogen) atoms. The van der Waals surface area contributed by atoms with Crippen molar-refractivity contribution >= 4 is 23.3 Å². The molecule has 0 bridgehead atoms. The van der Waals surface area contributed by atoms with E-state index < -0.39 is 46.8 Å². The molecule has 0 saturated heterocycles. The standard InChI is InChI=1S/C23H22F3N7O3/c1-9-15(19(34)22(36)30-23(3-4-23)14-8-28-32-31-14)13-7-10-6-12(10)33(13)18(9)21(35)29-11-2-5-27-17(16(11)24)20(25)26/h2,5,8,10,12,20,28,31-32H,3-4,6-7H2,1H3,(H,30,36)(H,27,29,35)/t10-,12-/m1/s1. The summed E-state index contributed by atoms with van der Waals surface area (Å²) in [4.78, 5) is 43.0. The summed E-state index contributed by atoms with van der Waals surface area (Å²) in [5.74, 6) is -3.35. The zero-order valence-electron chi connectivity index (χ0n) is 19.0. The highest BCUT2D eigenvalue weighted by Gasteiger charge is 2.52. The number of ketones is 1. The van der Waals surface area contributed by atoms with Gasteiger partial charge in [-0.3, -0.25) is 19.4 Å². The first-order valence-corrected chi connectivity index (χ1v) is 11.5. The summed E-state index contributed by atoms with van der Waals surface area (Å²) >= 11 is 0. The van der Waals surface area contributed by atoms with Gasteiger partial charge in [0.2, 0.25) is 0 Å². The first-order chi connectivity index (χ1) is 17.2. The highest BCUT2D eigenvalue weighted by atomic mass is 19.3. The maximum absolute atomic E-state index is 14.5. The largest absolute Gasteiger partial charge is 0.338 e. The maximum Gasteiger partial charge on any atom is 0.293 e. The number of nitrogens with one attached hydrogen (secondary N) is 5. The molecule has 188 valence electrons. The number of amides is 2. The molecule has 0 aromatic carbocycles. The van der Waals surface area contributed by atoms with Crippen LogP contribution in [0.25, 0.3) is 0 Å². The predicted octanol–water partition coefficient (Wildman–Crippen LogP) is 1.92. The lowest BCUT2D eigenvalue weighted by Gasteiger charge is -2.18. The number of nitrogens with zero attached hydrogens (tertiary/aromatic N) is 2. The molecule has 0 radical (unpaired) electrons. The lowest BCUT2D eigenvalue weighted by atomic mass is 10.0. The van der Waals surface area contributed by atoms with Gasteiger partial charge in [-0.1, -0.05) is 0 Å². The number of fused-ring (bicyclic) bond motifs is 3. The summed E-state index contributed by atoms with van der Waals surface area (Å²) < 4.78 is 42.3. The van der Waals surface area contributed by atoms with Crippen molar-refractivity contribution in [2.24, 2.45) is 5.92 Å². The number of alkyl halides is 2. The van der Waals surface area contributed by atoms with Crippen LogP contribution in [0.3, 0.4) is 0 Å². The van der Waals surface area contributed by atoms with E-state index in [4.69, 9.17) is 0 Å². The quantitative estimate of drug-likeness (QED) is 0.290. The molecule has 13 heteroatoms. The minimum Gasteiger partial charge on any atom is -0.338 e. The second-order valence-corrected chi connectivity index (χ2v) is 9.56. The van der Waals surface area contributed by atoms with Crippen molar-refractivity contribution in [1.29, 1.82) is 0 Å². The number of halogens is 3. The van der Waals surface area contributed by atoms with Crippen molar-refractivity contribution in [1.82, 2.24) is 31.3 Å². The van der Waals surface area contributed by atoms with E-state index in [-0.39, 0.29) is 23.2 Å². The lowest BCUT2D eigenvalue weighted by molar-refractivity contribution is -0.117. The number of Topliss-reactive ketones (excluding diaryl/α,β-unsaturated/α-hetero) is 1. The van der Waals surface area contributed by atoms with Crippen molar-refractivity contribution in [3.8, 4) is 0 Å². The van der Waals surface area contributed by atoms with E-state index in [1.807, 2.05) is 0 Å². The van der Waals surface area contributed by atoms with Crippen LogP contribution in [0.1, 0.15) is 69.5 Å². The molecular formula is C23H22F3N7O3. The molecule has 4 aliphatic rings. The van der Waals surface area contributed by atoms with Gasteiger partial charge in [0, 0.05) is 24.1 Å². The van der Waals surface area contributed by atoms with Gasteiger partial charge in [0.15, 0.2) is 5.82 Å². The van der Waals surface area contributed by atoms with Gasteiger partial charge < -0.3 is 26.1 Å². The maximum atomic E-state index is 14.5. The van der Waals surface area contributed by atoms with Crippen LogP contribution in [0.5, 0.6) is 0 Å². The van der Waals surface area contributed by atoms with Gasteiger partial charge in [-0.15, -0.1) is 0 Å². The molecule has 0 unspecified atom stereocenters. The van der Waals surface area contributed by atoms with Crippen molar-refractivity contribution in [2.45, 2.75) is 50.6 Å². The van der Waals surface area contributed by atoms with Crippen molar-refractivity contribution in [3.05, 3.63) is 58.2 Å². The first-order valence-electron chi connectivity index (χ1n) is 11.5. The molecular weight excluding hydrogens is 479 g/mol. The van der Waals surface area contributed by atoms with Gasteiger partial charge in [-0.25, -0.2) is 13.2 Å². The number of anilines is 1. The van der Waals surface area contributed by atoms with E-state index >= 15 is 0 Å². The molecule has 2 aliphatic heterocycles. The normalized spacial score (nSPS) is 22.2. The van der Waals surface area contributed by atoms with Crippen LogP contribution in [-0.4, -0.2) is 32.7 Å². The minimum atomic E-state index is -3.15. The summed E-state index contributed by atoms with van der Waals surface area (Å²) in [5, 5.41) is 5.16. The second-order valence-electron chi connectivity index (χ2n) is 9.56. The topological polar surface area (TPSA) is 129 Å². The van der Waals surface area contributed by atoms with Gasteiger partial charge in [0.25, 0.3) is 24.0 Å². The molecule has 10 nitrogen and oxygen atoms in total. The van der Waals surface area contributed by atoms with Crippen LogP contribution in [-0.2, 0) is 11.2 Å². The summed E-state index contributed by atoms with van der Waals surface area (Å²) in [6.45, 7) is 1.56. The number of rotatable bonds is 7. The van der Waals surface area contributed by atoms with E-state index in [1.54, 1.807) is 17.7 Å². The Kier molecular flexibility index (Phi) is 4.90. The zero-order chi connectivity index (χ0) is 25.4. The fourth-order valence-electron chi connectivity index (χ4n) is 5.30. The number of hydrogen-bond acceptors (Lipinski definition) is 7. The fourth-order valence-corrected chi connectivity index (χ4v) is 5.30. The number of pyridine rings is 1.